The van der Waals surface area contributed by atoms with Crippen LogP contribution in [0.5, 0.6) is 0 Å². The lowest BCUT2D eigenvalue weighted by atomic mass is 10.1. The number of rotatable bonds is 5. The van der Waals surface area contributed by atoms with Gasteiger partial charge in [-0.05, 0) is 48.2 Å². The summed E-state index contributed by atoms with van der Waals surface area (Å²) in [4.78, 5) is 17.0. The van der Waals surface area contributed by atoms with Gasteiger partial charge in [0.15, 0.2) is 0 Å². The maximum absolute atomic E-state index is 12.6. The average molecular weight is 382 g/mol. The van der Waals surface area contributed by atoms with Gasteiger partial charge in [-0.1, -0.05) is 35.9 Å². The van der Waals surface area contributed by atoms with E-state index in [4.69, 9.17) is 16.9 Å². The van der Waals surface area contributed by atoms with Gasteiger partial charge in [0.25, 0.3) is 0 Å². The van der Waals surface area contributed by atoms with E-state index in [1.807, 2.05) is 53.4 Å². The lowest BCUT2D eigenvalue weighted by Gasteiger charge is -2.22. The highest BCUT2D eigenvalue weighted by Gasteiger charge is 2.19. The Kier molecular flexibility index (Phi) is 6.86. The third kappa shape index (κ3) is 5.82. The van der Waals surface area contributed by atoms with Crippen LogP contribution >= 0.6 is 11.6 Å². The molecule has 0 bridgehead atoms. The fraction of sp³-hybridized carbons (Fsp3) is 0.364. The predicted molar refractivity (Wildman–Crippen MR) is 107 cm³/mol. The number of hydrogen-bond donors (Lipinski definition) is 0. The van der Waals surface area contributed by atoms with E-state index in [9.17, 15) is 4.79 Å². The molecule has 1 amide bonds. The van der Waals surface area contributed by atoms with E-state index in [0.29, 0.717) is 17.0 Å². The van der Waals surface area contributed by atoms with Crippen LogP contribution in [0.25, 0.3) is 0 Å². The van der Waals surface area contributed by atoms with E-state index < -0.39 is 0 Å². The fourth-order valence-corrected chi connectivity index (χ4v) is 3.64. The Morgan fingerprint density at radius 3 is 2.59 bits per heavy atom. The molecule has 4 nitrogen and oxygen atoms in total. The van der Waals surface area contributed by atoms with Crippen molar-refractivity contribution >= 4 is 17.5 Å². The quantitative estimate of drug-likeness (QED) is 0.789. The van der Waals surface area contributed by atoms with Crippen LogP contribution in [0.1, 0.15) is 29.5 Å². The molecule has 1 aliphatic heterocycles. The third-order valence-electron chi connectivity index (χ3n) is 4.95. The van der Waals surface area contributed by atoms with Crippen LogP contribution in [0.2, 0.25) is 5.02 Å². The van der Waals surface area contributed by atoms with E-state index in [2.05, 4.69) is 11.0 Å². The summed E-state index contributed by atoms with van der Waals surface area (Å²) in [6.45, 7) is 4.31. The lowest BCUT2D eigenvalue weighted by molar-refractivity contribution is -0.131. The van der Waals surface area contributed by atoms with Gasteiger partial charge in [-0.3, -0.25) is 9.69 Å². The molecule has 0 aromatic heterocycles. The SMILES string of the molecule is N#Cc1ccc(CN2CCCN(C(=O)CCc3cccc(Cl)c3)CC2)cc1. The summed E-state index contributed by atoms with van der Waals surface area (Å²) in [6, 6.07) is 17.6. The molecular formula is C22H24ClN3O. The molecule has 27 heavy (non-hydrogen) atoms. The molecule has 5 heteroatoms. The molecule has 0 aliphatic carbocycles. The van der Waals surface area contributed by atoms with Crippen LogP contribution in [0.15, 0.2) is 48.5 Å². The zero-order valence-corrected chi connectivity index (χ0v) is 16.2. The Hall–Kier alpha value is -2.35. The van der Waals surface area contributed by atoms with Crippen molar-refractivity contribution in [2.75, 3.05) is 26.2 Å². The highest BCUT2D eigenvalue weighted by Crippen LogP contribution is 2.14. The van der Waals surface area contributed by atoms with Crippen LogP contribution in [-0.4, -0.2) is 41.9 Å². The minimum absolute atomic E-state index is 0.218. The zero-order chi connectivity index (χ0) is 19.1. The van der Waals surface area contributed by atoms with E-state index in [0.717, 1.165) is 51.1 Å². The van der Waals surface area contributed by atoms with Gasteiger partial charge in [0, 0.05) is 44.2 Å². The summed E-state index contributed by atoms with van der Waals surface area (Å²) in [7, 11) is 0. The first-order valence-corrected chi connectivity index (χ1v) is 9.75. The van der Waals surface area contributed by atoms with Crippen molar-refractivity contribution in [2.45, 2.75) is 25.8 Å². The van der Waals surface area contributed by atoms with Crippen molar-refractivity contribution in [3.05, 3.63) is 70.2 Å². The van der Waals surface area contributed by atoms with Crippen molar-refractivity contribution in [1.82, 2.24) is 9.80 Å². The molecule has 0 spiro atoms. The van der Waals surface area contributed by atoms with Gasteiger partial charge in [-0.25, -0.2) is 0 Å². The molecule has 0 saturated carbocycles. The number of nitrogens with zero attached hydrogens (tertiary/aromatic N) is 3. The second kappa shape index (κ2) is 9.55. The predicted octanol–water partition coefficient (Wildman–Crippen LogP) is 3.88. The standard InChI is InChI=1S/C22H24ClN3O/c23-21-4-1-3-18(15-21)9-10-22(27)26-12-2-11-25(13-14-26)17-20-7-5-19(16-24)6-8-20/h1,3-8,15H,2,9-14,17H2. The normalized spacial score (nSPS) is 15.2. The first-order chi connectivity index (χ1) is 13.1. The number of aryl methyl sites for hydroxylation is 1. The molecule has 1 aliphatic rings. The molecule has 0 radical (unpaired) electrons. The highest BCUT2D eigenvalue weighted by molar-refractivity contribution is 6.30. The van der Waals surface area contributed by atoms with Gasteiger partial charge >= 0.3 is 0 Å². The molecule has 1 heterocycles. The Bertz CT molecular complexity index is 813. The van der Waals surface area contributed by atoms with Crippen molar-refractivity contribution in [2.24, 2.45) is 0 Å². The molecule has 2 aromatic carbocycles. The van der Waals surface area contributed by atoms with Crippen molar-refractivity contribution < 1.29 is 4.79 Å². The van der Waals surface area contributed by atoms with Crippen molar-refractivity contribution in [3.63, 3.8) is 0 Å². The van der Waals surface area contributed by atoms with Crippen molar-refractivity contribution in [3.8, 4) is 6.07 Å². The zero-order valence-electron chi connectivity index (χ0n) is 15.4. The van der Waals surface area contributed by atoms with Gasteiger partial charge in [0.05, 0.1) is 11.6 Å². The van der Waals surface area contributed by atoms with Crippen LogP contribution in [0.3, 0.4) is 0 Å². The number of hydrogen-bond acceptors (Lipinski definition) is 3. The fourth-order valence-electron chi connectivity index (χ4n) is 3.42. The van der Waals surface area contributed by atoms with Gasteiger partial charge in [-0.15, -0.1) is 0 Å². The van der Waals surface area contributed by atoms with E-state index in [-0.39, 0.29) is 5.91 Å². The monoisotopic (exact) mass is 381 g/mol. The molecule has 2 aromatic rings. The number of carbonyl (C=O) groups excluding carboxylic acids is 1. The number of halogens is 1. The van der Waals surface area contributed by atoms with Crippen molar-refractivity contribution in [1.29, 1.82) is 5.26 Å². The topological polar surface area (TPSA) is 47.3 Å². The number of nitriles is 1. The van der Waals surface area contributed by atoms with Crippen LogP contribution in [0.4, 0.5) is 0 Å². The first kappa shape index (κ1) is 19.4. The first-order valence-electron chi connectivity index (χ1n) is 9.37. The lowest BCUT2D eigenvalue weighted by Crippen LogP contribution is -2.35. The highest BCUT2D eigenvalue weighted by atomic mass is 35.5. The number of amides is 1. The van der Waals surface area contributed by atoms with Crippen LogP contribution in [0, 0.1) is 11.3 Å². The summed E-state index contributed by atoms with van der Waals surface area (Å²) in [5.74, 6) is 0.218. The molecule has 140 valence electrons. The summed E-state index contributed by atoms with van der Waals surface area (Å²) < 4.78 is 0. The summed E-state index contributed by atoms with van der Waals surface area (Å²) >= 11 is 6.01. The second-order valence-electron chi connectivity index (χ2n) is 6.95. The molecule has 0 N–H and O–H groups in total. The van der Waals surface area contributed by atoms with E-state index in [1.165, 1.54) is 5.56 Å². The largest absolute Gasteiger partial charge is 0.341 e. The summed E-state index contributed by atoms with van der Waals surface area (Å²) in [5, 5.41) is 9.61. The van der Waals surface area contributed by atoms with Crippen LogP contribution < -0.4 is 0 Å². The molecule has 0 unspecified atom stereocenters. The second-order valence-corrected chi connectivity index (χ2v) is 7.39. The molecular weight excluding hydrogens is 358 g/mol. The average Bonchev–Trinajstić information content (AvgIpc) is 2.92. The summed E-state index contributed by atoms with van der Waals surface area (Å²) in [5.41, 5.74) is 2.99. The molecule has 1 fully saturated rings. The molecule has 0 atom stereocenters. The molecule has 3 rings (SSSR count). The Balaban J connectivity index is 1.48. The molecule has 1 saturated heterocycles. The van der Waals surface area contributed by atoms with E-state index >= 15 is 0 Å². The maximum atomic E-state index is 12.6. The van der Waals surface area contributed by atoms with Gasteiger partial charge in [0.1, 0.15) is 0 Å². The minimum Gasteiger partial charge on any atom is -0.341 e. The summed E-state index contributed by atoms with van der Waals surface area (Å²) in [6.07, 6.45) is 2.24. The Morgan fingerprint density at radius 1 is 1.04 bits per heavy atom. The van der Waals surface area contributed by atoms with Crippen LogP contribution in [-0.2, 0) is 17.8 Å². The van der Waals surface area contributed by atoms with Gasteiger partial charge < -0.3 is 4.90 Å². The maximum Gasteiger partial charge on any atom is 0.222 e. The van der Waals surface area contributed by atoms with Gasteiger partial charge in [-0.2, -0.15) is 5.26 Å². The van der Waals surface area contributed by atoms with E-state index in [1.54, 1.807) is 0 Å². The third-order valence-corrected chi connectivity index (χ3v) is 5.18. The Morgan fingerprint density at radius 2 is 1.85 bits per heavy atom. The minimum atomic E-state index is 0.218. The number of benzene rings is 2. The van der Waals surface area contributed by atoms with Gasteiger partial charge in [0.2, 0.25) is 5.91 Å². The Labute approximate surface area is 166 Å². The number of carbonyl (C=O) groups is 1. The smallest absolute Gasteiger partial charge is 0.222 e.